The molecule has 20 heavy (non-hydrogen) atoms. The van der Waals surface area contributed by atoms with Crippen molar-refractivity contribution in [2.45, 2.75) is 69.8 Å². The van der Waals surface area contributed by atoms with Crippen LogP contribution >= 0.6 is 11.8 Å². The summed E-state index contributed by atoms with van der Waals surface area (Å²) in [6.45, 7) is 6.40. The van der Waals surface area contributed by atoms with Crippen molar-refractivity contribution in [3.63, 3.8) is 0 Å². The number of nitrogens with one attached hydrogen (secondary N) is 1. The van der Waals surface area contributed by atoms with E-state index in [0.29, 0.717) is 18.2 Å². The molecule has 3 heterocycles. The first kappa shape index (κ1) is 15.1. The fourth-order valence-electron chi connectivity index (χ4n) is 4.17. The van der Waals surface area contributed by atoms with Gasteiger partial charge in [-0.3, -0.25) is 0 Å². The summed E-state index contributed by atoms with van der Waals surface area (Å²) in [6, 6.07) is 0.524. The van der Waals surface area contributed by atoms with Gasteiger partial charge in [-0.2, -0.15) is 11.8 Å². The minimum atomic E-state index is 0.186. The lowest BCUT2D eigenvalue weighted by Gasteiger charge is -2.42. The quantitative estimate of drug-likeness (QED) is 0.865. The van der Waals surface area contributed by atoms with Crippen LogP contribution in [0.15, 0.2) is 0 Å². The molecule has 5 unspecified atom stereocenters. The average Bonchev–Trinajstić information content (AvgIpc) is 3.06. The number of hydrogen-bond acceptors (Lipinski definition) is 4. The Hall–Kier alpha value is 0.230. The van der Waals surface area contributed by atoms with Gasteiger partial charge in [0.1, 0.15) is 0 Å². The lowest BCUT2D eigenvalue weighted by atomic mass is 9.79. The van der Waals surface area contributed by atoms with Crippen LogP contribution in [0.3, 0.4) is 0 Å². The molecule has 0 amide bonds. The van der Waals surface area contributed by atoms with E-state index < -0.39 is 0 Å². The summed E-state index contributed by atoms with van der Waals surface area (Å²) >= 11 is 2.06. The molecular weight excluding hydrogens is 270 g/mol. The largest absolute Gasteiger partial charge is 0.374 e. The summed E-state index contributed by atoms with van der Waals surface area (Å²) in [5.41, 5.74) is 0.186. The Balaban J connectivity index is 1.67. The van der Waals surface area contributed by atoms with Crippen LogP contribution in [0.5, 0.6) is 0 Å². The van der Waals surface area contributed by atoms with Crippen molar-refractivity contribution in [3.8, 4) is 0 Å². The van der Waals surface area contributed by atoms with Gasteiger partial charge in [0.05, 0.1) is 17.8 Å². The van der Waals surface area contributed by atoms with Crippen molar-refractivity contribution in [1.82, 2.24) is 5.32 Å². The normalized spacial score (nSPS) is 43.2. The second-order valence-corrected chi connectivity index (χ2v) is 7.84. The molecule has 0 radical (unpaired) electrons. The van der Waals surface area contributed by atoms with Crippen molar-refractivity contribution in [1.29, 1.82) is 0 Å². The molecule has 3 aliphatic rings. The van der Waals surface area contributed by atoms with Crippen LogP contribution in [0.25, 0.3) is 0 Å². The van der Waals surface area contributed by atoms with Crippen LogP contribution in [-0.4, -0.2) is 48.5 Å². The maximum atomic E-state index is 6.18. The Labute approximate surface area is 127 Å². The number of thioether (sulfide) groups is 1. The van der Waals surface area contributed by atoms with Gasteiger partial charge >= 0.3 is 0 Å². The molecule has 0 aromatic carbocycles. The Morgan fingerprint density at radius 1 is 1.35 bits per heavy atom. The van der Waals surface area contributed by atoms with E-state index in [1.807, 2.05) is 0 Å². The van der Waals surface area contributed by atoms with Crippen molar-refractivity contribution >= 4 is 11.8 Å². The predicted molar refractivity (Wildman–Crippen MR) is 84.4 cm³/mol. The highest BCUT2D eigenvalue weighted by Gasteiger charge is 2.44. The van der Waals surface area contributed by atoms with Gasteiger partial charge in [0, 0.05) is 18.4 Å². The maximum absolute atomic E-state index is 6.18. The molecule has 0 bridgehead atoms. The van der Waals surface area contributed by atoms with E-state index in [-0.39, 0.29) is 5.60 Å². The highest BCUT2D eigenvalue weighted by Crippen LogP contribution is 2.42. The topological polar surface area (TPSA) is 30.5 Å². The molecule has 0 aromatic heterocycles. The van der Waals surface area contributed by atoms with E-state index in [4.69, 9.17) is 9.47 Å². The minimum absolute atomic E-state index is 0.186. The number of ether oxygens (including phenoxy) is 2. The van der Waals surface area contributed by atoms with Crippen LogP contribution in [0, 0.1) is 5.92 Å². The van der Waals surface area contributed by atoms with Gasteiger partial charge in [-0.05, 0) is 57.2 Å². The monoisotopic (exact) mass is 299 g/mol. The molecule has 1 N–H and O–H groups in total. The van der Waals surface area contributed by atoms with Gasteiger partial charge in [-0.15, -0.1) is 0 Å². The summed E-state index contributed by atoms with van der Waals surface area (Å²) in [6.07, 6.45) is 6.96. The van der Waals surface area contributed by atoms with Gasteiger partial charge < -0.3 is 14.8 Å². The van der Waals surface area contributed by atoms with Gasteiger partial charge in [0.2, 0.25) is 0 Å². The van der Waals surface area contributed by atoms with Crippen LogP contribution in [0.2, 0.25) is 0 Å². The van der Waals surface area contributed by atoms with E-state index in [1.165, 1.54) is 43.6 Å². The molecule has 5 atom stereocenters. The maximum Gasteiger partial charge on any atom is 0.0783 e. The second kappa shape index (κ2) is 6.55. The third kappa shape index (κ3) is 3.18. The third-order valence-corrected chi connectivity index (χ3v) is 6.43. The van der Waals surface area contributed by atoms with Crippen molar-refractivity contribution in [2.24, 2.45) is 5.92 Å². The zero-order chi connectivity index (χ0) is 14.0. The Morgan fingerprint density at radius 2 is 2.25 bits per heavy atom. The molecule has 4 heteroatoms. The first-order valence-corrected chi connectivity index (χ1v) is 9.48. The standard InChI is InChI=1S/C16H29NO2S/c1-3-17-15(14-5-4-12(2)19-14)13-6-8-18-16(10-13)7-9-20-11-16/h12-15,17H,3-11H2,1-2H3. The Bertz CT molecular complexity index is 320. The lowest BCUT2D eigenvalue weighted by molar-refractivity contribution is -0.0960. The van der Waals surface area contributed by atoms with Crippen LogP contribution in [0.1, 0.15) is 46.0 Å². The Morgan fingerprint density at radius 3 is 2.90 bits per heavy atom. The third-order valence-electron chi connectivity index (χ3n) is 5.21. The number of hydrogen-bond donors (Lipinski definition) is 1. The zero-order valence-corrected chi connectivity index (χ0v) is 13.7. The molecule has 3 saturated heterocycles. The molecule has 3 fully saturated rings. The fourth-order valence-corrected chi connectivity index (χ4v) is 5.55. The molecule has 0 aliphatic carbocycles. The Kier molecular flexibility index (Phi) is 4.96. The first-order valence-electron chi connectivity index (χ1n) is 8.33. The SMILES string of the molecule is CCNC(C1CCOC2(CCSC2)C1)C1CCC(C)O1. The number of likely N-dealkylation sites (N-methyl/N-ethyl adjacent to an activating group) is 1. The van der Waals surface area contributed by atoms with Crippen molar-refractivity contribution in [3.05, 3.63) is 0 Å². The molecule has 116 valence electrons. The van der Waals surface area contributed by atoms with E-state index in [0.717, 1.165) is 19.1 Å². The van der Waals surface area contributed by atoms with Crippen LogP contribution in [-0.2, 0) is 9.47 Å². The molecule has 3 nitrogen and oxygen atoms in total. The minimum Gasteiger partial charge on any atom is -0.374 e. The molecule has 1 spiro atoms. The summed E-state index contributed by atoms with van der Waals surface area (Å²) < 4.78 is 12.4. The van der Waals surface area contributed by atoms with Gasteiger partial charge in [0.15, 0.2) is 0 Å². The predicted octanol–water partition coefficient (Wildman–Crippen LogP) is 2.83. The fraction of sp³-hybridized carbons (Fsp3) is 1.00. The smallest absolute Gasteiger partial charge is 0.0783 e. The van der Waals surface area contributed by atoms with Crippen LogP contribution in [0.4, 0.5) is 0 Å². The van der Waals surface area contributed by atoms with E-state index in [2.05, 4.69) is 30.9 Å². The van der Waals surface area contributed by atoms with E-state index >= 15 is 0 Å². The van der Waals surface area contributed by atoms with E-state index in [1.54, 1.807) is 0 Å². The van der Waals surface area contributed by atoms with Crippen LogP contribution < -0.4 is 5.32 Å². The second-order valence-electron chi connectivity index (χ2n) is 6.73. The molecule has 0 aromatic rings. The van der Waals surface area contributed by atoms with Crippen molar-refractivity contribution < 1.29 is 9.47 Å². The first-order chi connectivity index (χ1) is 9.72. The summed E-state index contributed by atoms with van der Waals surface area (Å²) in [5, 5.41) is 3.73. The van der Waals surface area contributed by atoms with E-state index in [9.17, 15) is 0 Å². The molecule has 3 rings (SSSR count). The van der Waals surface area contributed by atoms with Gasteiger partial charge in [-0.25, -0.2) is 0 Å². The molecule has 0 saturated carbocycles. The lowest BCUT2D eigenvalue weighted by Crippen LogP contribution is -2.51. The van der Waals surface area contributed by atoms with Gasteiger partial charge in [0.25, 0.3) is 0 Å². The highest BCUT2D eigenvalue weighted by atomic mass is 32.2. The highest BCUT2D eigenvalue weighted by molar-refractivity contribution is 7.99. The van der Waals surface area contributed by atoms with Gasteiger partial charge in [-0.1, -0.05) is 6.92 Å². The summed E-state index contributed by atoms with van der Waals surface area (Å²) in [4.78, 5) is 0. The average molecular weight is 299 g/mol. The zero-order valence-electron chi connectivity index (χ0n) is 12.9. The molecule has 3 aliphatic heterocycles. The molecular formula is C16H29NO2S. The summed E-state index contributed by atoms with van der Waals surface area (Å²) in [7, 11) is 0. The summed E-state index contributed by atoms with van der Waals surface area (Å²) in [5.74, 6) is 3.19. The number of rotatable bonds is 4. The van der Waals surface area contributed by atoms with Crippen molar-refractivity contribution in [2.75, 3.05) is 24.7 Å².